The highest BCUT2D eigenvalue weighted by molar-refractivity contribution is 5.85. The molecule has 2 N–H and O–H groups in total. The number of carboxylic acids is 1. The molecule has 1 aromatic heterocycles. The lowest BCUT2D eigenvalue weighted by molar-refractivity contribution is -0.149. The van der Waals surface area contributed by atoms with Gasteiger partial charge in [-0.3, -0.25) is 9.89 Å². The number of aromatic nitrogens is 2. The minimum atomic E-state index is -0.868. The summed E-state index contributed by atoms with van der Waals surface area (Å²) >= 11 is 0. The number of rotatable bonds is 3. The minimum absolute atomic E-state index is 0.119. The van der Waals surface area contributed by atoms with Crippen LogP contribution >= 0.6 is 0 Å². The number of hydrogen-bond donors (Lipinski definition) is 2. The maximum atomic E-state index is 12.3. The summed E-state index contributed by atoms with van der Waals surface area (Å²) < 4.78 is 0. The molecule has 102 valence electrons. The average Bonchev–Trinajstić information content (AvgIpc) is 3.02. The monoisotopic (exact) mass is 263 g/mol. The molecule has 19 heavy (non-hydrogen) atoms. The lowest BCUT2D eigenvalue weighted by Crippen LogP contribution is -2.44. The third-order valence-electron chi connectivity index (χ3n) is 4.36. The number of carbonyl (C=O) groups is 2. The van der Waals surface area contributed by atoms with Gasteiger partial charge in [-0.15, -0.1) is 0 Å². The van der Waals surface area contributed by atoms with Crippen molar-refractivity contribution in [2.75, 3.05) is 6.54 Å². The second-order valence-corrected chi connectivity index (χ2v) is 5.44. The standard InChI is InChI=1S/C13H17N3O3/c17-11(6-9-4-5-14-15-9)16-7-8-2-1-3-10(8)12(16)13(18)19/h4-5,8,10,12H,1-3,6-7H2,(H,14,15)(H,18,19). The van der Waals surface area contributed by atoms with Crippen molar-refractivity contribution in [1.82, 2.24) is 15.1 Å². The Kier molecular flexibility index (Phi) is 3.00. The molecule has 0 aromatic carbocycles. The van der Waals surface area contributed by atoms with E-state index in [-0.39, 0.29) is 18.2 Å². The number of aromatic amines is 1. The van der Waals surface area contributed by atoms with Crippen LogP contribution in [0.3, 0.4) is 0 Å². The molecule has 2 aliphatic rings. The van der Waals surface area contributed by atoms with Crippen molar-refractivity contribution in [3.63, 3.8) is 0 Å². The molecule has 0 radical (unpaired) electrons. The van der Waals surface area contributed by atoms with E-state index in [1.807, 2.05) is 0 Å². The summed E-state index contributed by atoms with van der Waals surface area (Å²) in [6, 6.07) is 1.10. The predicted molar refractivity (Wildman–Crippen MR) is 66.3 cm³/mol. The molecule has 2 heterocycles. The van der Waals surface area contributed by atoms with Gasteiger partial charge in [-0.1, -0.05) is 6.42 Å². The van der Waals surface area contributed by atoms with Crippen molar-refractivity contribution >= 4 is 11.9 Å². The molecular formula is C13H17N3O3. The van der Waals surface area contributed by atoms with Gasteiger partial charge in [-0.2, -0.15) is 5.10 Å². The van der Waals surface area contributed by atoms with Gasteiger partial charge in [0, 0.05) is 18.4 Å². The first-order valence-electron chi connectivity index (χ1n) is 6.67. The smallest absolute Gasteiger partial charge is 0.326 e. The zero-order chi connectivity index (χ0) is 13.4. The summed E-state index contributed by atoms with van der Waals surface area (Å²) in [5.41, 5.74) is 0.728. The van der Waals surface area contributed by atoms with Crippen LogP contribution in [0.2, 0.25) is 0 Å². The Morgan fingerprint density at radius 3 is 3.00 bits per heavy atom. The number of nitrogens with zero attached hydrogens (tertiary/aromatic N) is 2. The van der Waals surface area contributed by atoms with Crippen LogP contribution in [0.1, 0.15) is 25.0 Å². The fourth-order valence-electron chi connectivity index (χ4n) is 3.53. The topological polar surface area (TPSA) is 86.3 Å². The highest BCUT2D eigenvalue weighted by Crippen LogP contribution is 2.42. The fourth-order valence-corrected chi connectivity index (χ4v) is 3.53. The molecule has 0 bridgehead atoms. The lowest BCUT2D eigenvalue weighted by atomic mass is 9.94. The van der Waals surface area contributed by atoms with Gasteiger partial charge < -0.3 is 10.0 Å². The van der Waals surface area contributed by atoms with Crippen LogP contribution in [0.15, 0.2) is 12.3 Å². The molecule has 1 amide bonds. The molecule has 1 aromatic rings. The largest absolute Gasteiger partial charge is 0.480 e. The Morgan fingerprint density at radius 1 is 1.47 bits per heavy atom. The van der Waals surface area contributed by atoms with Crippen LogP contribution in [0.5, 0.6) is 0 Å². The van der Waals surface area contributed by atoms with Crippen molar-refractivity contribution < 1.29 is 14.7 Å². The van der Waals surface area contributed by atoms with E-state index in [1.54, 1.807) is 17.2 Å². The van der Waals surface area contributed by atoms with Crippen molar-refractivity contribution in [2.24, 2.45) is 11.8 Å². The Bertz CT molecular complexity index is 485. The van der Waals surface area contributed by atoms with E-state index in [4.69, 9.17) is 0 Å². The number of likely N-dealkylation sites (tertiary alicyclic amines) is 1. The Hall–Kier alpha value is -1.85. The minimum Gasteiger partial charge on any atom is -0.480 e. The second kappa shape index (κ2) is 4.68. The summed E-state index contributed by atoms with van der Waals surface area (Å²) in [6.07, 6.45) is 4.85. The Balaban J connectivity index is 1.76. The molecule has 3 atom stereocenters. The van der Waals surface area contributed by atoms with Crippen LogP contribution in [0.4, 0.5) is 0 Å². The van der Waals surface area contributed by atoms with Crippen LogP contribution < -0.4 is 0 Å². The molecule has 6 heteroatoms. The van der Waals surface area contributed by atoms with E-state index >= 15 is 0 Å². The molecule has 1 aliphatic carbocycles. The van der Waals surface area contributed by atoms with Crippen LogP contribution in [0.25, 0.3) is 0 Å². The SMILES string of the molecule is O=C(O)C1C2CCCC2CN1C(=O)Cc1ccn[nH]1. The zero-order valence-corrected chi connectivity index (χ0v) is 10.6. The van der Waals surface area contributed by atoms with E-state index in [1.165, 1.54) is 0 Å². The molecule has 0 spiro atoms. The Labute approximate surface area is 110 Å². The first-order chi connectivity index (χ1) is 9.16. The first-order valence-corrected chi connectivity index (χ1v) is 6.67. The third-order valence-corrected chi connectivity index (χ3v) is 4.36. The first kappa shape index (κ1) is 12.2. The van der Waals surface area contributed by atoms with Crippen LogP contribution in [-0.2, 0) is 16.0 Å². The van der Waals surface area contributed by atoms with E-state index < -0.39 is 12.0 Å². The van der Waals surface area contributed by atoms with Crippen molar-refractivity contribution in [1.29, 1.82) is 0 Å². The van der Waals surface area contributed by atoms with Crippen molar-refractivity contribution in [2.45, 2.75) is 31.7 Å². The molecule has 3 rings (SSSR count). The molecule has 1 saturated heterocycles. The highest BCUT2D eigenvalue weighted by atomic mass is 16.4. The molecule has 1 saturated carbocycles. The highest BCUT2D eigenvalue weighted by Gasteiger charge is 2.49. The average molecular weight is 263 g/mol. The van der Waals surface area contributed by atoms with Gasteiger partial charge >= 0.3 is 5.97 Å². The second-order valence-electron chi connectivity index (χ2n) is 5.44. The van der Waals surface area contributed by atoms with Crippen LogP contribution in [-0.4, -0.2) is 44.7 Å². The summed E-state index contributed by atoms with van der Waals surface area (Å²) in [4.78, 5) is 25.3. The van der Waals surface area contributed by atoms with Gasteiger partial charge in [0.25, 0.3) is 0 Å². The maximum absolute atomic E-state index is 12.3. The molecule has 3 unspecified atom stereocenters. The van der Waals surface area contributed by atoms with Gasteiger partial charge in [0.2, 0.25) is 5.91 Å². The summed E-state index contributed by atoms with van der Waals surface area (Å²) in [5, 5.41) is 15.9. The Morgan fingerprint density at radius 2 is 2.32 bits per heavy atom. The molecular weight excluding hydrogens is 246 g/mol. The van der Waals surface area contributed by atoms with E-state index in [0.717, 1.165) is 25.0 Å². The van der Waals surface area contributed by atoms with E-state index in [9.17, 15) is 14.7 Å². The van der Waals surface area contributed by atoms with Gasteiger partial charge in [-0.05, 0) is 30.7 Å². The summed E-state index contributed by atoms with van der Waals surface area (Å²) in [7, 11) is 0. The number of amides is 1. The fraction of sp³-hybridized carbons (Fsp3) is 0.615. The van der Waals surface area contributed by atoms with Crippen molar-refractivity contribution in [3.05, 3.63) is 18.0 Å². The number of carbonyl (C=O) groups excluding carboxylic acids is 1. The maximum Gasteiger partial charge on any atom is 0.326 e. The van der Waals surface area contributed by atoms with Crippen molar-refractivity contribution in [3.8, 4) is 0 Å². The predicted octanol–water partition coefficient (Wildman–Crippen LogP) is 0.664. The van der Waals surface area contributed by atoms with E-state index in [0.29, 0.717) is 12.5 Å². The lowest BCUT2D eigenvalue weighted by Gasteiger charge is -2.24. The number of fused-ring (bicyclic) bond motifs is 1. The molecule has 1 aliphatic heterocycles. The summed E-state index contributed by atoms with van der Waals surface area (Å²) in [6.45, 7) is 0.592. The summed E-state index contributed by atoms with van der Waals surface area (Å²) in [5.74, 6) is -0.478. The third kappa shape index (κ3) is 2.11. The number of H-pyrrole nitrogens is 1. The number of aliphatic carboxylic acids is 1. The van der Waals surface area contributed by atoms with Gasteiger partial charge in [0.05, 0.1) is 6.42 Å². The molecule has 2 fully saturated rings. The van der Waals surface area contributed by atoms with E-state index in [2.05, 4.69) is 10.2 Å². The van der Waals surface area contributed by atoms with Gasteiger partial charge in [0.1, 0.15) is 6.04 Å². The van der Waals surface area contributed by atoms with Crippen LogP contribution in [0, 0.1) is 11.8 Å². The van der Waals surface area contributed by atoms with Gasteiger partial charge in [0.15, 0.2) is 0 Å². The number of hydrogen-bond acceptors (Lipinski definition) is 3. The molecule has 6 nitrogen and oxygen atoms in total. The quantitative estimate of drug-likeness (QED) is 0.839. The number of carboxylic acid groups (broad SMARTS) is 1. The van der Waals surface area contributed by atoms with Gasteiger partial charge in [-0.25, -0.2) is 4.79 Å². The zero-order valence-electron chi connectivity index (χ0n) is 10.6. The normalized spacial score (nSPS) is 29.5. The number of nitrogens with one attached hydrogen (secondary N) is 1.